The zero-order valence-corrected chi connectivity index (χ0v) is 38.3. The van der Waals surface area contributed by atoms with Crippen LogP contribution in [0.2, 0.25) is 0 Å². The topological polar surface area (TPSA) is 103 Å². The van der Waals surface area contributed by atoms with Gasteiger partial charge in [-0.2, -0.15) is 0 Å². The molecule has 0 atom stereocenters. The number of fused-ring (bicyclic) bond motifs is 3. The first-order chi connectivity index (χ1) is 29.4. The summed E-state index contributed by atoms with van der Waals surface area (Å²) in [4.78, 5) is 41.5. The molecule has 3 aromatic rings. The van der Waals surface area contributed by atoms with E-state index in [1.165, 1.54) is 104 Å². The van der Waals surface area contributed by atoms with E-state index in [9.17, 15) is 9.59 Å². The second kappa shape index (κ2) is 27.7. The number of aromatic nitrogens is 2. The smallest absolute Gasteiger partial charge is 0.229 e. The van der Waals surface area contributed by atoms with Crippen molar-refractivity contribution in [3.05, 3.63) is 24.3 Å². The Morgan fingerprint density at radius 3 is 0.933 bits per heavy atom. The number of ether oxygens (including phenoxy) is 4. The van der Waals surface area contributed by atoms with Gasteiger partial charge in [-0.1, -0.05) is 156 Å². The fourth-order valence-electron chi connectivity index (χ4n) is 7.89. The molecule has 0 unspecified atom stereocenters. The van der Waals surface area contributed by atoms with Crippen LogP contribution in [0.3, 0.4) is 0 Å². The van der Waals surface area contributed by atoms with Crippen molar-refractivity contribution in [2.75, 3.05) is 36.2 Å². The highest BCUT2D eigenvalue weighted by Gasteiger charge is 2.41. The van der Waals surface area contributed by atoms with Crippen molar-refractivity contribution in [1.29, 1.82) is 0 Å². The molecule has 1 aliphatic heterocycles. The van der Waals surface area contributed by atoms with Crippen LogP contribution in [0.15, 0.2) is 24.3 Å². The lowest BCUT2D eigenvalue weighted by Crippen LogP contribution is -2.37. The van der Waals surface area contributed by atoms with Crippen molar-refractivity contribution in [3.63, 3.8) is 0 Å². The number of unbranched alkanes of at least 4 members (excludes halogenated alkanes) is 20. The van der Waals surface area contributed by atoms with Gasteiger partial charge >= 0.3 is 0 Å². The maximum atomic E-state index is 14.0. The first-order valence-corrected chi connectivity index (χ1v) is 24.0. The maximum absolute atomic E-state index is 14.0. The molecule has 0 aliphatic carbocycles. The molecular formula is C50H78N4O6. The summed E-state index contributed by atoms with van der Waals surface area (Å²) in [5.74, 6) is 2.05. The van der Waals surface area contributed by atoms with Crippen LogP contribution < -0.4 is 28.7 Å². The Labute approximate surface area is 362 Å². The van der Waals surface area contributed by atoms with Crippen LogP contribution in [-0.4, -0.2) is 48.2 Å². The van der Waals surface area contributed by atoms with E-state index in [-0.39, 0.29) is 23.5 Å². The van der Waals surface area contributed by atoms with Gasteiger partial charge in [-0.25, -0.2) is 9.97 Å². The standard InChI is InChI=1S/C50H78N4O6/c1-7-11-15-19-23-27-35-57-41-31-32-42(58-36-28-24-20-16-12-8-2)46-45(41)51-49-50(52-46)54(40(6)56)48-44(60-38-30-26-22-18-14-10-4)34-33-43(47(48)53(49)39(5)55)59-37-29-25-21-17-13-9-3/h31-34H,7-30,35-38H2,1-6H3. The average Bonchev–Trinajstić information content (AvgIpc) is 3.24. The predicted molar refractivity (Wildman–Crippen MR) is 247 cm³/mol. The van der Waals surface area contributed by atoms with Crippen LogP contribution >= 0.6 is 0 Å². The van der Waals surface area contributed by atoms with Crippen LogP contribution in [0.5, 0.6) is 23.0 Å². The van der Waals surface area contributed by atoms with Crippen LogP contribution in [0.1, 0.15) is 196 Å². The minimum absolute atomic E-state index is 0.243. The monoisotopic (exact) mass is 831 g/mol. The van der Waals surface area contributed by atoms with Gasteiger partial charge in [0, 0.05) is 13.8 Å². The molecule has 1 aromatic heterocycles. The Morgan fingerprint density at radius 1 is 0.400 bits per heavy atom. The summed E-state index contributed by atoms with van der Waals surface area (Å²) in [5.41, 5.74) is 1.86. The van der Waals surface area contributed by atoms with E-state index < -0.39 is 0 Å². The number of hydrogen-bond donors (Lipinski definition) is 0. The van der Waals surface area contributed by atoms with Crippen LogP contribution in [0, 0.1) is 0 Å². The van der Waals surface area contributed by atoms with Crippen LogP contribution in [0.25, 0.3) is 11.0 Å². The fourth-order valence-corrected chi connectivity index (χ4v) is 7.89. The van der Waals surface area contributed by atoms with E-state index in [0.29, 0.717) is 71.8 Å². The van der Waals surface area contributed by atoms with Crippen molar-refractivity contribution in [2.45, 2.75) is 196 Å². The van der Waals surface area contributed by atoms with Crippen molar-refractivity contribution >= 4 is 45.9 Å². The van der Waals surface area contributed by atoms with Crippen LogP contribution in [0.4, 0.5) is 23.0 Å². The highest BCUT2D eigenvalue weighted by molar-refractivity contribution is 6.17. The highest BCUT2D eigenvalue weighted by Crippen LogP contribution is 2.55. The number of benzene rings is 2. The molecule has 0 N–H and O–H groups in total. The first-order valence-electron chi connectivity index (χ1n) is 24.0. The van der Waals surface area contributed by atoms with Gasteiger partial charge in [0.05, 0.1) is 26.4 Å². The van der Waals surface area contributed by atoms with Gasteiger partial charge < -0.3 is 18.9 Å². The third-order valence-electron chi connectivity index (χ3n) is 11.3. The van der Waals surface area contributed by atoms with Crippen molar-refractivity contribution in [1.82, 2.24) is 9.97 Å². The Morgan fingerprint density at radius 2 is 0.650 bits per heavy atom. The molecule has 4 rings (SSSR count). The van der Waals surface area contributed by atoms with Gasteiger partial charge in [0.2, 0.25) is 11.8 Å². The lowest BCUT2D eigenvalue weighted by atomic mass is 10.1. The van der Waals surface area contributed by atoms with Crippen LogP contribution in [-0.2, 0) is 9.59 Å². The number of anilines is 4. The summed E-state index contributed by atoms with van der Waals surface area (Å²) in [6, 6.07) is 7.53. The lowest BCUT2D eigenvalue weighted by Gasteiger charge is -2.37. The Hall–Kier alpha value is -4.08. The SMILES string of the molecule is CCCCCCCCOc1ccc(OCCCCCCCC)c2c1N(C(C)=O)c1nc3c(OCCCCCCCC)ccc(OCCCCCCCC)c3nc1N2C(C)=O. The first kappa shape index (κ1) is 48.6. The number of hydrogen-bond acceptors (Lipinski definition) is 8. The molecular weight excluding hydrogens is 753 g/mol. The summed E-state index contributed by atoms with van der Waals surface area (Å²) in [5, 5.41) is 0. The number of carbonyl (C=O) groups excluding carboxylic acids is 2. The third kappa shape index (κ3) is 14.5. The maximum Gasteiger partial charge on any atom is 0.229 e. The van der Waals surface area contributed by atoms with Gasteiger partial charge in [-0.3, -0.25) is 19.4 Å². The van der Waals surface area contributed by atoms with Gasteiger partial charge in [0.15, 0.2) is 11.6 Å². The molecule has 10 heteroatoms. The fraction of sp³-hybridized carbons (Fsp3) is 0.680. The second-order valence-electron chi connectivity index (χ2n) is 16.6. The van der Waals surface area contributed by atoms with Crippen molar-refractivity contribution in [3.8, 4) is 23.0 Å². The molecule has 60 heavy (non-hydrogen) atoms. The minimum atomic E-state index is -0.281. The molecule has 334 valence electrons. The predicted octanol–water partition coefficient (Wildman–Crippen LogP) is 14.3. The Kier molecular flexibility index (Phi) is 22.4. The zero-order chi connectivity index (χ0) is 43.0. The molecule has 0 saturated heterocycles. The van der Waals surface area contributed by atoms with E-state index in [2.05, 4.69) is 27.7 Å². The summed E-state index contributed by atoms with van der Waals surface area (Å²) < 4.78 is 25.9. The van der Waals surface area contributed by atoms with E-state index in [1.54, 1.807) is 9.80 Å². The summed E-state index contributed by atoms with van der Waals surface area (Å²) >= 11 is 0. The van der Waals surface area contributed by atoms with Gasteiger partial charge in [-0.15, -0.1) is 0 Å². The van der Waals surface area contributed by atoms with E-state index in [4.69, 9.17) is 28.9 Å². The lowest BCUT2D eigenvalue weighted by molar-refractivity contribution is -0.117. The molecule has 0 bridgehead atoms. The zero-order valence-electron chi connectivity index (χ0n) is 38.3. The molecule has 2 amide bonds. The highest BCUT2D eigenvalue weighted by atomic mass is 16.5. The van der Waals surface area contributed by atoms with E-state index in [1.807, 2.05) is 24.3 Å². The molecule has 2 heterocycles. The summed E-state index contributed by atoms with van der Waals surface area (Å²) in [7, 11) is 0. The number of nitrogens with zero attached hydrogens (tertiary/aromatic N) is 4. The van der Waals surface area contributed by atoms with E-state index >= 15 is 0 Å². The van der Waals surface area contributed by atoms with Crippen molar-refractivity contribution < 1.29 is 28.5 Å². The molecule has 2 aromatic carbocycles. The molecule has 0 saturated carbocycles. The van der Waals surface area contributed by atoms with Gasteiger partial charge in [-0.05, 0) is 49.9 Å². The third-order valence-corrected chi connectivity index (χ3v) is 11.3. The summed E-state index contributed by atoms with van der Waals surface area (Å²) in [6.07, 6.45) is 27.2. The van der Waals surface area contributed by atoms with Gasteiger partial charge in [0.25, 0.3) is 0 Å². The number of rotatable bonds is 32. The minimum Gasteiger partial charge on any atom is -0.491 e. The second-order valence-corrected chi connectivity index (χ2v) is 16.6. The molecule has 0 spiro atoms. The van der Waals surface area contributed by atoms with Crippen molar-refractivity contribution in [2.24, 2.45) is 0 Å². The quantitative estimate of drug-likeness (QED) is 0.0573. The molecule has 10 nitrogen and oxygen atoms in total. The normalized spacial score (nSPS) is 12.1. The summed E-state index contributed by atoms with van der Waals surface area (Å²) in [6.45, 7) is 14.0. The van der Waals surface area contributed by atoms with E-state index in [0.717, 1.165) is 64.2 Å². The Balaban J connectivity index is 1.78. The Bertz CT molecular complexity index is 1610. The van der Waals surface area contributed by atoms with Gasteiger partial charge in [0.1, 0.15) is 45.4 Å². The number of carbonyl (C=O) groups is 2. The largest absolute Gasteiger partial charge is 0.491 e. The average molecular weight is 831 g/mol. The number of amides is 2. The molecule has 0 radical (unpaired) electrons. The molecule has 0 fully saturated rings. The molecule has 1 aliphatic rings.